The molecule has 6 nitrogen and oxygen atoms in total. The van der Waals surface area contributed by atoms with Crippen molar-refractivity contribution in [3.05, 3.63) is 30.3 Å². The maximum absolute atomic E-state index is 10.9. The average Bonchev–Trinajstić information content (AvgIpc) is 2.51. The van der Waals surface area contributed by atoms with Gasteiger partial charge >= 0.3 is 12.1 Å². The standard InChI is InChI=1S/C8H5N3O3/c12-7-9-10-8(13)11(7)14-6-4-2-1-3-5-6/h1-5H. The molecule has 0 N–H and O–H groups in total. The Morgan fingerprint density at radius 2 is 1.57 bits per heavy atom. The van der Waals surface area contributed by atoms with Crippen molar-refractivity contribution in [2.24, 2.45) is 10.2 Å². The van der Waals surface area contributed by atoms with Crippen LogP contribution in [0.2, 0.25) is 0 Å². The topological polar surface area (TPSA) is 71.3 Å². The van der Waals surface area contributed by atoms with E-state index >= 15 is 0 Å². The van der Waals surface area contributed by atoms with Crippen molar-refractivity contribution >= 4 is 12.1 Å². The van der Waals surface area contributed by atoms with Crippen molar-refractivity contribution in [2.45, 2.75) is 0 Å². The predicted molar refractivity (Wildman–Crippen MR) is 44.6 cm³/mol. The van der Waals surface area contributed by atoms with Gasteiger partial charge in [0, 0.05) is 0 Å². The summed E-state index contributed by atoms with van der Waals surface area (Å²) in [6.07, 6.45) is 0. The second-order valence-electron chi connectivity index (χ2n) is 2.46. The van der Waals surface area contributed by atoms with Crippen molar-refractivity contribution < 1.29 is 14.4 Å². The summed E-state index contributed by atoms with van der Waals surface area (Å²) in [5, 5.41) is 6.56. The molecular formula is C8H5N3O3. The van der Waals surface area contributed by atoms with Crippen LogP contribution in [0.5, 0.6) is 5.75 Å². The van der Waals surface area contributed by atoms with Crippen molar-refractivity contribution in [2.75, 3.05) is 0 Å². The van der Waals surface area contributed by atoms with Gasteiger partial charge in [-0.3, -0.25) is 0 Å². The lowest BCUT2D eigenvalue weighted by atomic mass is 10.3. The first-order chi connectivity index (χ1) is 6.77. The molecule has 0 saturated heterocycles. The van der Waals surface area contributed by atoms with Crippen LogP contribution in [-0.2, 0) is 0 Å². The Hall–Kier alpha value is -2.24. The van der Waals surface area contributed by atoms with Gasteiger partial charge < -0.3 is 4.84 Å². The summed E-state index contributed by atoms with van der Waals surface area (Å²) < 4.78 is 0. The highest BCUT2D eigenvalue weighted by molar-refractivity contribution is 5.97. The number of hydroxylamine groups is 2. The van der Waals surface area contributed by atoms with Crippen LogP contribution in [0.4, 0.5) is 9.59 Å². The van der Waals surface area contributed by atoms with E-state index in [0.29, 0.717) is 10.8 Å². The fraction of sp³-hybridized carbons (Fsp3) is 0. The molecular weight excluding hydrogens is 186 g/mol. The van der Waals surface area contributed by atoms with Gasteiger partial charge in [-0.1, -0.05) is 33.5 Å². The molecule has 14 heavy (non-hydrogen) atoms. The molecule has 6 heteroatoms. The lowest BCUT2D eigenvalue weighted by molar-refractivity contribution is 0.0392. The molecule has 0 spiro atoms. The Balaban J connectivity index is 2.13. The zero-order valence-corrected chi connectivity index (χ0v) is 6.95. The van der Waals surface area contributed by atoms with Crippen molar-refractivity contribution in [1.29, 1.82) is 0 Å². The van der Waals surface area contributed by atoms with Crippen LogP contribution in [0.25, 0.3) is 0 Å². The minimum atomic E-state index is -0.821. The van der Waals surface area contributed by atoms with Crippen molar-refractivity contribution in [1.82, 2.24) is 5.06 Å². The highest BCUT2D eigenvalue weighted by atomic mass is 16.7. The second-order valence-corrected chi connectivity index (χ2v) is 2.46. The number of benzene rings is 1. The molecule has 2 rings (SSSR count). The molecule has 1 heterocycles. The molecule has 0 unspecified atom stereocenters. The van der Waals surface area contributed by atoms with Gasteiger partial charge in [-0.05, 0) is 12.1 Å². The van der Waals surface area contributed by atoms with Gasteiger partial charge in [-0.15, -0.1) is 0 Å². The number of amides is 4. The summed E-state index contributed by atoms with van der Waals surface area (Å²) in [4.78, 5) is 26.8. The van der Waals surface area contributed by atoms with E-state index in [1.807, 2.05) is 0 Å². The van der Waals surface area contributed by atoms with E-state index in [0.717, 1.165) is 0 Å². The molecule has 0 radical (unpaired) electrons. The van der Waals surface area contributed by atoms with E-state index < -0.39 is 12.1 Å². The SMILES string of the molecule is O=C1N=NC(=O)N1Oc1ccccc1. The van der Waals surface area contributed by atoms with Gasteiger partial charge in [0.25, 0.3) is 0 Å². The number of urea groups is 2. The number of nitrogens with zero attached hydrogens (tertiary/aromatic N) is 3. The van der Waals surface area contributed by atoms with E-state index in [9.17, 15) is 9.59 Å². The Bertz CT molecular complexity index is 384. The van der Waals surface area contributed by atoms with Gasteiger partial charge in [0.2, 0.25) is 0 Å². The number of para-hydroxylation sites is 1. The zero-order valence-electron chi connectivity index (χ0n) is 6.95. The van der Waals surface area contributed by atoms with Gasteiger partial charge in [0.15, 0.2) is 5.75 Å². The smallest absolute Gasteiger partial charge is 0.366 e. The molecule has 0 aliphatic carbocycles. The molecule has 1 aliphatic rings. The minimum absolute atomic E-state index is 0.376. The van der Waals surface area contributed by atoms with Crippen molar-refractivity contribution in [3.8, 4) is 5.75 Å². The number of carbonyl (C=O) groups excluding carboxylic acids is 2. The number of carbonyl (C=O) groups is 2. The molecule has 1 aliphatic heterocycles. The fourth-order valence-electron chi connectivity index (χ4n) is 0.913. The van der Waals surface area contributed by atoms with E-state index in [1.54, 1.807) is 30.3 Å². The van der Waals surface area contributed by atoms with E-state index in [-0.39, 0.29) is 0 Å². The zero-order chi connectivity index (χ0) is 9.97. The van der Waals surface area contributed by atoms with E-state index in [1.165, 1.54) is 0 Å². The third-order valence-corrected chi connectivity index (χ3v) is 1.51. The number of rotatable bonds is 2. The van der Waals surface area contributed by atoms with Crippen LogP contribution < -0.4 is 4.84 Å². The van der Waals surface area contributed by atoms with Crippen molar-refractivity contribution in [3.63, 3.8) is 0 Å². The van der Waals surface area contributed by atoms with Crippen LogP contribution in [-0.4, -0.2) is 17.1 Å². The fourth-order valence-corrected chi connectivity index (χ4v) is 0.913. The van der Waals surface area contributed by atoms with Gasteiger partial charge in [-0.2, -0.15) is 0 Å². The number of hydrogen-bond acceptors (Lipinski definition) is 3. The Morgan fingerprint density at radius 3 is 2.14 bits per heavy atom. The Morgan fingerprint density at radius 1 is 1.00 bits per heavy atom. The van der Waals surface area contributed by atoms with Crippen LogP contribution in [0.1, 0.15) is 0 Å². The van der Waals surface area contributed by atoms with Crippen LogP contribution in [0, 0.1) is 0 Å². The molecule has 0 fully saturated rings. The number of azo groups is 1. The highest BCUT2D eigenvalue weighted by Gasteiger charge is 2.29. The Labute approximate surface area is 78.8 Å². The third-order valence-electron chi connectivity index (χ3n) is 1.51. The van der Waals surface area contributed by atoms with Crippen LogP contribution in [0.3, 0.4) is 0 Å². The maximum atomic E-state index is 10.9. The summed E-state index contributed by atoms with van der Waals surface area (Å²) >= 11 is 0. The monoisotopic (exact) mass is 191 g/mol. The lowest BCUT2D eigenvalue weighted by Crippen LogP contribution is -2.31. The quantitative estimate of drug-likeness (QED) is 0.717. The molecule has 0 saturated carbocycles. The lowest BCUT2D eigenvalue weighted by Gasteiger charge is -2.10. The molecule has 1 aromatic carbocycles. The van der Waals surface area contributed by atoms with Gasteiger partial charge in [-0.25, -0.2) is 9.59 Å². The highest BCUT2D eigenvalue weighted by Crippen LogP contribution is 2.14. The molecule has 0 bridgehead atoms. The summed E-state index contributed by atoms with van der Waals surface area (Å²) in [5.74, 6) is 0.376. The largest absolute Gasteiger partial charge is 0.404 e. The number of imide groups is 1. The number of hydrogen-bond donors (Lipinski definition) is 0. The maximum Gasteiger partial charge on any atom is 0.404 e. The molecule has 4 amide bonds. The van der Waals surface area contributed by atoms with E-state index in [4.69, 9.17) is 4.84 Å². The second kappa shape index (κ2) is 3.25. The summed E-state index contributed by atoms with van der Waals surface area (Å²) in [6, 6.07) is 6.80. The summed E-state index contributed by atoms with van der Waals surface area (Å²) in [5.41, 5.74) is 0. The summed E-state index contributed by atoms with van der Waals surface area (Å²) in [7, 11) is 0. The minimum Gasteiger partial charge on any atom is -0.366 e. The Kier molecular flexibility index (Phi) is 1.94. The summed E-state index contributed by atoms with van der Waals surface area (Å²) in [6.45, 7) is 0. The van der Waals surface area contributed by atoms with Crippen LogP contribution in [0.15, 0.2) is 40.6 Å². The normalized spacial score (nSPS) is 15.0. The first kappa shape index (κ1) is 8.36. The molecule has 1 aromatic rings. The van der Waals surface area contributed by atoms with Gasteiger partial charge in [0.05, 0.1) is 0 Å². The molecule has 0 aromatic heterocycles. The van der Waals surface area contributed by atoms with Gasteiger partial charge in [0.1, 0.15) is 0 Å². The first-order valence-corrected chi connectivity index (χ1v) is 3.80. The van der Waals surface area contributed by atoms with Crippen LogP contribution >= 0.6 is 0 Å². The molecule has 70 valence electrons. The third kappa shape index (κ3) is 1.45. The average molecular weight is 191 g/mol. The first-order valence-electron chi connectivity index (χ1n) is 3.80. The predicted octanol–water partition coefficient (Wildman–Crippen LogP) is 1.99. The molecule has 0 atom stereocenters. The van der Waals surface area contributed by atoms with E-state index in [2.05, 4.69) is 10.2 Å².